The van der Waals surface area contributed by atoms with Crippen molar-refractivity contribution in [2.24, 2.45) is 5.92 Å². The Hall–Kier alpha value is -2.08. The van der Waals surface area contributed by atoms with Gasteiger partial charge in [0.25, 0.3) is 0 Å². The first-order chi connectivity index (χ1) is 12.0. The van der Waals surface area contributed by atoms with Crippen LogP contribution in [0.2, 0.25) is 5.02 Å². The van der Waals surface area contributed by atoms with Crippen LogP contribution >= 0.6 is 11.6 Å². The number of amides is 1. The molecule has 1 aromatic carbocycles. The van der Waals surface area contributed by atoms with Crippen LogP contribution in [0.1, 0.15) is 44.9 Å². The number of hydrogen-bond donors (Lipinski definition) is 0. The topological polar surface area (TPSA) is 60.2 Å². The normalized spacial score (nSPS) is 17.1. The Morgan fingerprint density at radius 3 is 2.76 bits per heavy atom. The minimum atomic E-state index is -0.274. The lowest BCUT2D eigenvalue weighted by Gasteiger charge is -2.34. The number of ether oxygens (including phenoxy) is 1. The largest absolute Gasteiger partial charge is 0.484 e. The lowest BCUT2D eigenvalue weighted by atomic mass is 10.0. The van der Waals surface area contributed by atoms with E-state index in [9.17, 15) is 4.79 Å². The van der Waals surface area contributed by atoms with E-state index < -0.39 is 0 Å². The maximum absolute atomic E-state index is 12.8. The summed E-state index contributed by atoms with van der Waals surface area (Å²) in [6, 6.07) is 7.03. The van der Waals surface area contributed by atoms with Gasteiger partial charge in [-0.15, -0.1) is 10.2 Å². The Balaban J connectivity index is 1.87. The summed E-state index contributed by atoms with van der Waals surface area (Å²) in [7, 11) is 0. The van der Waals surface area contributed by atoms with Crippen LogP contribution in [0.5, 0.6) is 5.75 Å². The zero-order chi connectivity index (χ0) is 18.0. The van der Waals surface area contributed by atoms with Gasteiger partial charge in [-0.25, -0.2) is 0 Å². The van der Waals surface area contributed by atoms with Crippen LogP contribution in [-0.2, 0) is 17.9 Å². The molecule has 3 rings (SSSR count). The fourth-order valence-corrected chi connectivity index (χ4v) is 3.31. The highest BCUT2D eigenvalue weighted by Crippen LogP contribution is 2.29. The van der Waals surface area contributed by atoms with Crippen molar-refractivity contribution in [1.82, 2.24) is 19.7 Å². The molecular formula is C18H23ClN4O2. The fourth-order valence-electron chi connectivity index (χ4n) is 3.12. The molecule has 2 aromatic rings. The Labute approximate surface area is 152 Å². The molecule has 1 aromatic heterocycles. The Morgan fingerprint density at radius 2 is 2.08 bits per heavy atom. The summed E-state index contributed by atoms with van der Waals surface area (Å²) in [6.07, 6.45) is 0.749. The van der Waals surface area contributed by atoms with Crippen LogP contribution in [0.25, 0.3) is 0 Å². The molecular weight excluding hydrogens is 340 g/mol. The van der Waals surface area contributed by atoms with Crippen molar-refractivity contribution in [3.8, 4) is 5.75 Å². The van der Waals surface area contributed by atoms with Crippen molar-refractivity contribution in [2.75, 3.05) is 6.54 Å². The van der Waals surface area contributed by atoms with Crippen LogP contribution in [0.3, 0.4) is 0 Å². The average Bonchev–Trinajstić information content (AvgIpc) is 2.99. The van der Waals surface area contributed by atoms with E-state index in [0.29, 0.717) is 35.6 Å². The second-order valence-electron chi connectivity index (χ2n) is 6.62. The average molecular weight is 363 g/mol. The number of fused-ring (bicyclic) bond motifs is 1. The number of nitrogens with zero attached hydrogens (tertiary/aromatic N) is 4. The highest BCUT2D eigenvalue weighted by molar-refractivity contribution is 6.32. The molecule has 134 valence electrons. The van der Waals surface area contributed by atoms with Crippen LogP contribution in [-0.4, -0.2) is 32.1 Å². The van der Waals surface area contributed by atoms with E-state index in [0.717, 1.165) is 12.2 Å². The molecule has 0 bridgehead atoms. The summed E-state index contributed by atoms with van der Waals surface area (Å²) >= 11 is 6.14. The van der Waals surface area contributed by atoms with E-state index in [-0.39, 0.29) is 18.6 Å². The van der Waals surface area contributed by atoms with Crippen molar-refractivity contribution in [1.29, 1.82) is 0 Å². The van der Waals surface area contributed by atoms with Gasteiger partial charge in [0.15, 0.2) is 11.6 Å². The van der Waals surface area contributed by atoms with Crippen molar-refractivity contribution in [2.45, 2.75) is 46.4 Å². The summed E-state index contributed by atoms with van der Waals surface area (Å²) in [6.45, 7) is 7.60. The number of likely N-dealkylation sites (N-methyl/N-ethyl adjacent to an activating group) is 1. The number of aromatic nitrogens is 3. The van der Waals surface area contributed by atoms with Crippen molar-refractivity contribution < 1.29 is 9.53 Å². The molecule has 1 amide bonds. The number of carbonyl (C=O) groups excluding carboxylic acids is 1. The van der Waals surface area contributed by atoms with Gasteiger partial charge in [0.05, 0.1) is 11.6 Å². The minimum absolute atomic E-state index is 0.127. The zero-order valence-electron chi connectivity index (χ0n) is 14.8. The van der Waals surface area contributed by atoms with Crippen LogP contribution in [0.4, 0.5) is 0 Å². The van der Waals surface area contributed by atoms with E-state index in [4.69, 9.17) is 16.3 Å². The number of para-hydroxylation sites is 1. The first kappa shape index (κ1) is 17.7. The van der Waals surface area contributed by atoms with Crippen molar-refractivity contribution in [3.05, 3.63) is 40.9 Å². The number of halogens is 1. The molecule has 1 atom stereocenters. The molecule has 0 fully saturated rings. The summed E-state index contributed by atoms with van der Waals surface area (Å²) < 4.78 is 7.76. The van der Waals surface area contributed by atoms with Crippen molar-refractivity contribution >= 4 is 17.5 Å². The highest BCUT2D eigenvalue weighted by atomic mass is 35.5. The highest BCUT2D eigenvalue weighted by Gasteiger charge is 2.35. The summed E-state index contributed by atoms with van der Waals surface area (Å²) in [5.74, 6) is 2.58. The molecule has 25 heavy (non-hydrogen) atoms. The van der Waals surface area contributed by atoms with Crippen LogP contribution in [0.15, 0.2) is 24.3 Å². The summed E-state index contributed by atoms with van der Waals surface area (Å²) in [5.41, 5.74) is 0. The zero-order valence-corrected chi connectivity index (χ0v) is 15.5. The van der Waals surface area contributed by atoms with Gasteiger partial charge in [0, 0.05) is 6.54 Å². The number of rotatable bonds is 6. The monoisotopic (exact) mass is 362 g/mol. The van der Waals surface area contributed by atoms with E-state index in [1.807, 2.05) is 34.6 Å². The lowest BCUT2D eigenvalue weighted by molar-refractivity contribution is -0.138. The molecule has 0 spiro atoms. The Bertz CT molecular complexity index is 759. The van der Waals surface area contributed by atoms with E-state index in [2.05, 4.69) is 24.0 Å². The van der Waals surface area contributed by atoms with Gasteiger partial charge in [-0.3, -0.25) is 9.36 Å². The molecule has 1 aliphatic rings. The van der Waals surface area contributed by atoms with Gasteiger partial charge in [-0.05, 0) is 31.4 Å². The van der Waals surface area contributed by atoms with E-state index >= 15 is 0 Å². The quantitative estimate of drug-likeness (QED) is 0.789. The van der Waals surface area contributed by atoms with Gasteiger partial charge in [-0.2, -0.15) is 0 Å². The number of carbonyl (C=O) groups is 1. The molecule has 0 unspecified atom stereocenters. The lowest BCUT2D eigenvalue weighted by Crippen LogP contribution is -2.43. The predicted octanol–water partition coefficient (Wildman–Crippen LogP) is 3.46. The predicted molar refractivity (Wildman–Crippen MR) is 95.4 cm³/mol. The maximum Gasteiger partial charge on any atom is 0.246 e. The first-order valence-corrected chi connectivity index (χ1v) is 8.97. The molecule has 2 heterocycles. The fraction of sp³-hybridized carbons (Fsp3) is 0.500. The van der Waals surface area contributed by atoms with Gasteiger partial charge in [0.1, 0.15) is 18.4 Å². The second kappa shape index (κ2) is 7.44. The second-order valence-corrected chi connectivity index (χ2v) is 7.03. The minimum Gasteiger partial charge on any atom is -0.484 e. The molecule has 6 nitrogen and oxygen atoms in total. The molecule has 0 aliphatic carbocycles. The number of hydrogen-bond acceptors (Lipinski definition) is 4. The van der Waals surface area contributed by atoms with Gasteiger partial charge in [-0.1, -0.05) is 37.6 Å². The Kier molecular flexibility index (Phi) is 5.27. The number of benzene rings is 1. The molecule has 0 N–H and O–H groups in total. The molecule has 0 radical (unpaired) electrons. The first-order valence-electron chi connectivity index (χ1n) is 8.60. The summed E-state index contributed by atoms with van der Waals surface area (Å²) in [4.78, 5) is 14.7. The Morgan fingerprint density at radius 1 is 1.32 bits per heavy atom. The van der Waals surface area contributed by atoms with Gasteiger partial charge in [0.2, 0.25) is 5.91 Å². The van der Waals surface area contributed by atoms with Crippen LogP contribution in [0, 0.1) is 5.92 Å². The van der Waals surface area contributed by atoms with Gasteiger partial charge < -0.3 is 9.64 Å². The maximum atomic E-state index is 12.8. The smallest absolute Gasteiger partial charge is 0.246 e. The molecule has 0 saturated heterocycles. The van der Waals surface area contributed by atoms with E-state index in [1.54, 1.807) is 6.07 Å². The standard InChI is InChI=1S/C18H23ClN4O2/c1-4-22-10-16-20-21-17(11-25-15-8-6-5-7-13(15)19)23(16)14(18(22)24)9-12(2)3/h5-8,12,14H,4,9-11H2,1-3H3/t14-/m0/s1. The molecule has 0 saturated carbocycles. The van der Waals surface area contributed by atoms with Crippen molar-refractivity contribution in [3.63, 3.8) is 0 Å². The van der Waals surface area contributed by atoms with Crippen LogP contribution < -0.4 is 4.74 Å². The third kappa shape index (κ3) is 3.63. The SMILES string of the molecule is CCN1Cc2nnc(COc3ccccc3Cl)n2[C@@H](CC(C)C)C1=O. The van der Waals surface area contributed by atoms with E-state index in [1.165, 1.54) is 0 Å². The summed E-state index contributed by atoms with van der Waals surface area (Å²) in [5, 5.41) is 9.11. The third-order valence-electron chi connectivity index (χ3n) is 4.35. The van der Waals surface area contributed by atoms with Gasteiger partial charge >= 0.3 is 0 Å². The molecule has 1 aliphatic heterocycles. The third-order valence-corrected chi connectivity index (χ3v) is 4.66. The molecule has 7 heteroatoms.